The third kappa shape index (κ3) is 4.88. The largest absolute Gasteiger partial charge is 0.497 e. The SMILES string of the molecule is COc1ccc(CC[C@]2(C)NC(=O)N(CN(Cc3ccc(F)cc3)C3CC3)C2=O)cc1. The van der Waals surface area contributed by atoms with E-state index < -0.39 is 5.54 Å². The molecule has 1 saturated heterocycles. The lowest BCUT2D eigenvalue weighted by atomic mass is 9.93. The highest BCUT2D eigenvalue weighted by atomic mass is 19.1. The standard InChI is InChI=1S/C24H28FN3O3/c1-24(14-13-17-5-11-21(31-2)12-6-17)22(29)28(23(30)26-24)16-27(20-9-10-20)15-18-3-7-19(25)8-4-18/h3-8,11-12,20H,9-10,13-16H2,1-2H3,(H,26,30)/t24-/m0/s1. The van der Waals surface area contributed by atoms with Crippen LogP contribution in [0.5, 0.6) is 5.75 Å². The number of halogens is 1. The van der Waals surface area contributed by atoms with Crippen LogP contribution < -0.4 is 10.1 Å². The second-order valence-electron chi connectivity index (χ2n) is 8.59. The van der Waals surface area contributed by atoms with Crippen LogP contribution in [0.1, 0.15) is 37.3 Å². The quantitative estimate of drug-likeness (QED) is 0.623. The molecular weight excluding hydrogens is 397 g/mol. The van der Waals surface area contributed by atoms with Gasteiger partial charge < -0.3 is 10.1 Å². The first-order valence-electron chi connectivity index (χ1n) is 10.6. The molecule has 1 aliphatic heterocycles. The Morgan fingerprint density at radius 3 is 2.35 bits per heavy atom. The molecule has 3 amide bonds. The summed E-state index contributed by atoms with van der Waals surface area (Å²) >= 11 is 0. The van der Waals surface area contributed by atoms with Gasteiger partial charge in [0.2, 0.25) is 0 Å². The topological polar surface area (TPSA) is 61.9 Å². The van der Waals surface area contributed by atoms with Crippen molar-refractivity contribution in [2.24, 2.45) is 0 Å². The molecule has 6 nitrogen and oxygen atoms in total. The van der Waals surface area contributed by atoms with Crippen molar-refractivity contribution in [2.45, 2.75) is 50.7 Å². The number of imide groups is 1. The van der Waals surface area contributed by atoms with E-state index >= 15 is 0 Å². The fourth-order valence-electron chi connectivity index (χ4n) is 3.97. The van der Waals surface area contributed by atoms with Gasteiger partial charge in [0.1, 0.15) is 17.1 Å². The molecule has 1 N–H and O–H groups in total. The minimum absolute atomic E-state index is 0.198. The van der Waals surface area contributed by atoms with Crippen LogP contribution in [0, 0.1) is 5.82 Å². The lowest BCUT2D eigenvalue weighted by Gasteiger charge is -2.27. The molecule has 1 saturated carbocycles. The zero-order chi connectivity index (χ0) is 22.0. The molecule has 0 radical (unpaired) electrons. The van der Waals surface area contributed by atoms with Crippen molar-refractivity contribution < 1.29 is 18.7 Å². The fraction of sp³-hybridized carbons (Fsp3) is 0.417. The maximum absolute atomic E-state index is 13.2. The van der Waals surface area contributed by atoms with E-state index in [1.54, 1.807) is 26.2 Å². The highest BCUT2D eigenvalue weighted by Crippen LogP contribution is 2.31. The van der Waals surface area contributed by atoms with Gasteiger partial charge in [-0.15, -0.1) is 0 Å². The van der Waals surface area contributed by atoms with Crippen molar-refractivity contribution in [2.75, 3.05) is 13.8 Å². The summed E-state index contributed by atoms with van der Waals surface area (Å²) in [5.41, 5.74) is 1.11. The molecule has 4 rings (SSSR count). The van der Waals surface area contributed by atoms with Gasteiger partial charge in [-0.25, -0.2) is 14.1 Å². The van der Waals surface area contributed by atoms with Crippen LogP contribution in [-0.2, 0) is 17.8 Å². The third-order valence-electron chi connectivity index (χ3n) is 6.10. The van der Waals surface area contributed by atoms with Gasteiger partial charge >= 0.3 is 6.03 Å². The number of nitrogens with zero attached hydrogens (tertiary/aromatic N) is 2. The number of nitrogens with one attached hydrogen (secondary N) is 1. The summed E-state index contributed by atoms with van der Waals surface area (Å²) in [5.74, 6) is 0.312. The molecule has 2 aromatic carbocycles. The van der Waals surface area contributed by atoms with Crippen LogP contribution in [0.25, 0.3) is 0 Å². The van der Waals surface area contributed by atoms with Gasteiger partial charge in [0.15, 0.2) is 0 Å². The number of urea groups is 1. The minimum Gasteiger partial charge on any atom is -0.497 e. The summed E-state index contributed by atoms with van der Waals surface area (Å²) < 4.78 is 18.4. The molecule has 164 valence electrons. The molecule has 1 heterocycles. The number of rotatable bonds is 9. The summed E-state index contributed by atoms with van der Waals surface area (Å²) in [6, 6.07) is 14.1. The molecule has 2 fully saturated rings. The van der Waals surface area contributed by atoms with E-state index in [9.17, 15) is 14.0 Å². The normalized spacial score (nSPS) is 21.0. The van der Waals surface area contributed by atoms with Crippen molar-refractivity contribution in [3.8, 4) is 5.75 Å². The van der Waals surface area contributed by atoms with Gasteiger partial charge in [-0.3, -0.25) is 9.69 Å². The van der Waals surface area contributed by atoms with Gasteiger partial charge in [0, 0.05) is 12.6 Å². The Labute approximate surface area is 182 Å². The minimum atomic E-state index is -0.928. The van der Waals surface area contributed by atoms with Crippen LogP contribution >= 0.6 is 0 Å². The number of ether oxygens (including phenoxy) is 1. The number of methoxy groups -OCH3 is 1. The highest BCUT2D eigenvalue weighted by Gasteiger charge is 2.48. The lowest BCUT2D eigenvalue weighted by molar-refractivity contribution is -0.132. The van der Waals surface area contributed by atoms with E-state index in [0.29, 0.717) is 25.4 Å². The van der Waals surface area contributed by atoms with E-state index in [1.807, 2.05) is 24.3 Å². The molecule has 0 unspecified atom stereocenters. The average Bonchev–Trinajstić information content (AvgIpc) is 3.59. The predicted octanol–water partition coefficient (Wildman–Crippen LogP) is 3.70. The number of carbonyl (C=O) groups is 2. The Bertz CT molecular complexity index is 944. The van der Waals surface area contributed by atoms with Crippen molar-refractivity contribution in [3.63, 3.8) is 0 Å². The number of hydrogen-bond donors (Lipinski definition) is 1. The van der Waals surface area contributed by atoms with Crippen molar-refractivity contribution in [3.05, 3.63) is 65.5 Å². The summed E-state index contributed by atoms with van der Waals surface area (Å²) in [7, 11) is 1.62. The van der Waals surface area contributed by atoms with Gasteiger partial charge in [-0.1, -0.05) is 24.3 Å². The van der Waals surface area contributed by atoms with E-state index in [0.717, 1.165) is 29.7 Å². The van der Waals surface area contributed by atoms with Crippen LogP contribution in [0.15, 0.2) is 48.5 Å². The molecule has 1 atom stereocenters. The van der Waals surface area contributed by atoms with Crippen LogP contribution in [0.2, 0.25) is 0 Å². The summed E-state index contributed by atoms with van der Waals surface area (Å²) in [6.45, 7) is 2.60. The van der Waals surface area contributed by atoms with E-state index in [1.165, 1.54) is 17.0 Å². The Morgan fingerprint density at radius 1 is 1.10 bits per heavy atom. The van der Waals surface area contributed by atoms with Gasteiger partial charge in [0.05, 0.1) is 13.8 Å². The molecule has 31 heavy (non-hydrogen) atoms. The Kier molecular flexibility index (Phi) is 5.96. The molecule has 0 bridgehead atoms. The highest BCUT2D eigenvalue weighted by molar-refractivity contribution is 6.06. The van der Waals surface area contributed by atoms with Crippen molar-refractivity contribution in [1.29, 1.82) is 0 Å². The second kappa shape index (κ2) is 8.67. The van der Waals surface area contributed by atoms with Crippen LogP contribution in [-0.4, -0.2) is 47.1 Å². The zero-order valence-corrected chi connectivity index (χ0v) is 17.9. The van der Waals surface area contributed by atoms with Crippen LogP contribution in [0.3, 0.4) is 0 Å². The van der Waals surface area contributed by atoms with Gasteiger partial charge in [-0.2, -0.15) is 0 Å². The fourth-order valence-corrected chi connectivity index (χ4v) is 3.97. The molecular formula is C24H28FN3O3. The molecule has 2 aromatic rings. The van der Waals surface area contributed by atoms with Crippen LogP contribution in [0.4, 0.5) is 9.18 Å². The Balaban J connectivity index is 1.40. The predicted molar refractivity (Wildman–Crippen MR) is 115 cm³/mol. The second-order valence-corrected chi connectivity index (χ2v) is 8.59. The molecule has 2 aliphatic rings. The van der Waals surface area contributed by atoms with E-state index in [2.05, 4.69) is 10.2 Å². The molecule has 0 aromatic heterocycles. The number of amides is 3. The third-order valence-corrected chi connectivity index (χ3v) is 6.10. The number of aryl methyl sites for hydroxylation is 1. The van der Waals surface area contributed by atoms with Gasteiger partial charge in [0.25, 0.3) is 5.91 Å². The van der Waals surface area contributed by atoms with E-state index in [4.69, 9.17) is 4.74 Å². The van der Waals surface area contributed by atoms with E-state index in [-0.39, 0.29) is 24.4 Å². The maximum atomic E-state index is 13.2. The lowest BCUT2D eigenvalue weighted by Crippen LogP contribution is -2.46. The number of hydrogen-bond acceptors (Lipinski definition) is 4. The number of carbonyl (C=O) groups excluding carboxylic acids is 2. The average molecular weight is 426 g/mol. The smallest absolute Gasteiger partial charge is 0.326 e. The Morgan fingerprint density at radius 2 is 1.74 bits per heavy atom. The monoisotopic (exact) mass is 425 g/mol. The summed E-state index contributed by atoms with van der Waals surface area (Å²) in [6.07, 6.45) is 3.27. The van der Waals surface area contributed by atoms with Gasteiger partial charge in [-0.05, 0) is 68.0 Å². The first-order chi connectivity index (χ1) is 14.9. The number of benzene rings is 2. The molecule has 0 spiro atoms. The zero-order valence-electron chi connectivity index (χ0n) is 17.9. The molecule has 1 aliphatic carbocycles. The summed E-state index contributed by atoms with van der Waals surface area (Å²) in [4.78, 5) is 29.3. The van der Waals surface area contributed by atoms with Crippen molar-refractivity contribution >= 4 is 11.9 Å². The molecule has 7 heteroatoms. The maximum Gasteiger partial charge on any atom is 0.326 e. The summed E-state index contributed by atoms with van der Waals surface area (Å²) in [5, 5.41) is 2.90. The Hall–Kier alpha value is -2.93. The first-order valence-corrected chi connectivity index (χ1v) is 10.6. The van der Waals surface area contributed by atoms with Crippen molar-refractivity contribution in [1.82, 2.24) is 15.1 Å². The first kappa shape index (κ1) is 21.3.